The molecule has 1 saturated heterocycles. The lowest BCUT2D eigenvalue weighted by molar-refractivity contribution is 0.147. The van der Waals surface area contributed by atoms with Crippen LogP contribution in [0.5, 0.6) is 0 Å². The third-order valence-corrected chi connectivity index (χ3v) is 5.69. The number of nitrogens with one attached hydrogen (secondary N) is 2. The Morgan fingerprint density at radius 2 is 2.12 bits per heavy atom. The van der Waals surface area contributed by atoms with Gasteiger partial charge in [-0.05, 0) is 57.3 Å². The number of ether oxygens (including phenoxy) is 1. The Bertz CT molecular complexity index is 472. The molecule has 2 aliphatic carbocycles. The lowest BCUT2D eigenvalue weighted by Crippen LogP contribution is -2.44. The van der Waals surface area contributed by atoms with Crippen LogP contribution in [0.2, 0.25) is 0 Å². The minimum Gasteiger partial charge on any atom is -0.450 e. The standard InChI is InChI=1S/C18H32N4O2/c1-3-19-16(22-11-10-18(13-22)8-5-9-18)20-12-15(14-6-7-14)21-17(23)24-4-2/h14-15H,3-13H2,1-2H3,(H,19,20)(H,21,23). The van der Waals surface area contributed by atoms with Crippen LogP contribution in [-0.2, 0) is 4.74 Å². The van der Waals surface area contributed by atoms with E-state index >= 15 is 0 Å². The molecule has 0 aromatic carbocycles. The number of alkyl carbamates (subject to hydrolysis) is 1. The molecular weight excluding hydrogens is 304 g/mol. The summed E-state index contributed by atoms with van der Waals surface area (Å²) in [4.78, 5) is 19.0. The van der Waals surface area contributed by atoms with Gasteiger partial charge in [0.05, 0.1) is 19.2 Å². The first kappa shape index (κ1) is 17.4. The zero-order valence-corrected chi connectivity index (χ0v) is 15.1. The first-order chi connectivity index (χ1) is 11.7. The summed E-state index contributed by atoms with van der Waals surface area (Å²) in [6, 6.07) is 0.0953. The highest BCUT2D eigenvalue weighted by atomic mass is 16.5. The summed E-state index contributed by atoms with van der Waals surface area (Å²) in [5, 5.41) is 6.43. The number of nitrogens with zero attached hydrogens (tertiary/aromatic N) is 2. The van der Waals surface area contributed by atoms with E-state index in [1.807, 2.05) is 6.92 Å². The van der Waals surface area contributed by atoms with Crippen molar-refractivity contribution in [2.45, 2.75) is 58.4 Å². The second kappa shape index (κ2) is 7.62. The van der Waals surface area contributed by atoms with Crippen LogP contribution < -0.4 is 10.6 Å². The zero-order chi connectivity index (χ0) is 17.0. The van der Waals surface area contributed by atoms with Crippen molar-refractivity contribution in [3.63, 3.8) is 0 Å². The van der Waals surface area contributed by atoms with Gasteiger partial charge in [0.2, 0.25) is 0 Å². The summed E-state index contributed by atoms with van der Waals surface area (Å²) in [6.45, 7) is 8.10. The smallest absolute Gasteiger partial charge is 0.407 e. The van der Waals surface area contributed by atoms with E-state index in [0.29, 0.717) is 24.5 Å². The lowest BCUT2D eigenvalue weighted by atomic mass is 9.68. The molecule has 1 heterocycles. The van der Waals surface area contributed by atoms with Crippen LogP contribution in [0.4, 0.5) is 4.79 Å². The first-order valence-electron chi connectivity index (χ1n) is 9.62. The van der Waals surface area contributed by atoms with Crippen LogP contribution in [-0.4, -0.2) is 55.8 Å². The third kappa shape index (κ3) is 4.14. The van der Waals surface area contributed by atoms with Gasteiger partial charge in [-0.1, -0.05) is 6.42 Å². The molecule has 0 radical (unpaired) electrons. The third-order valence-electron chi connectivity index (χ3n) is 5.69. The zero-order valence-electron chi connectivity index (χ0n) is 15.1. The van der Waals surface area contributed by atoms with E-state index in [4.69, 9.17) is 9.73 Å². The van der Waals surface area contributed by atoms with Gasteiger partial charge in [0.1, 0.15) is 0 Å². The molecule has 1 aliphatic heterocycles. The molecule has 6 nitrogen and oxygen atoms in total. The summed E-state index contributed by atoms with van der Waals surface area (Å²) in [5.41, 5.74) is 0.565. The van der Waals surface area contributed by atoms with E-state index in [2.05, 4.69) is 22.5 Å². The fourth-order valence-corrected chi connectivity index (χ4v) is 3.95. The summed E-state index contributed by atoms with van der Waals surface area (Å²) >= 11 is 0. The number of aliphatic imine (C=N–C) groups is 1. The van der Waals surface area contributed by atoms with Crippen molar-refractivity contribution in [1.29, 1.82) is 0 Å². The van der Waals surface area contributed by atoms with Gasteiger partial charge in [0.15, 0.2) is 5.96 Å². The molecule has 0 bridgehead atoms. The Labute approximate surface area is 145 Å². The van der Waals surface area contributed by atoms with Gasteiger partial charge < -0.3 is 20.3 Å². The number of carbonyl (C=O) groups is 1. The highest BCUT2D eigenvalue weighted by molar-refractivity contribution is 5.80. The van der Waals surface area contributed by atoms with Gasteiger partial charge in [0, 0.05) is 19.6 Å². The summed E-state index contributed by atoms with van der Waals surface area (Å²) < 4.78 is 5.03. The van der Waals surface area contributed by atoms with Gasteiger partial charge in [0.25, 0.3) is 0 Å². The Hall–Kier alpha value is -1.46. The fraction of sp³-hybridized carbons (Fsp3) is 0.889. The van der Waals surface area contributed by atoms with Crippen LogP contribution in [0, 0.1) is 11.3 Å². The Morgan fingerprint density at radius 1 is 1.33 bits per heavy atom. The maximum atomic E-state index is 11.7. The van der Waals surface area contributed by atoms with Crippen molar-refractivity contribution in [1.82, 2.24) is 15.5 Å². The van der Waals surface area contributed by atoms with Crippen LogP contribution in [0.15, 0.2) is 4.99 Å². The molecular formula is C18H32N4O2. The average molecular weight is 336 g/mol. The van der Waals surface area contributed by atoms with E-state index < -0.39 is 0 Å². The molecule has 1 atom stereocenters. The SMILES string of the molecule is CCNC(=NCC(NC(=O)OCC)C1CC1)N1CCC2(CCC2)C1. The number of likely N-dealkylation sites (tertiary alicyclic amines) is 1. The largest absolute Gasteiger partial charge is 0.450 e. The second-order valence-electron chi connectivity index (χ2n) is 7.53. The molecule has 1 amide bonds. The Kier molecular flexibility index (Phi) is 5.51. The number of rotatable bonds is 6. The minimum atomic E-state index is -0.316. The van der Waals surface area contributed by atoms with Gasteiger partial charge in [-0.25, -0.2) is 4.79 Å². The number of amides is 1. The van der Waals surface area contributed by atoms with E-state index in [-0.39, 0.29) is 12.1 Å². The van der Waals surface area contributed by atoms with Crippen LogP contribution >= 0.6 is 0 Å². The van der Waals surface area contributed by atoms with Gasteiger partial charge in [-0.2, -0.15) is 0 Å². The maximum Gasteiger partial charge on any atom is 0.407 e. The molecule has 0 aromatic rings. The number of guanidine groups is 1. The van der Waals surface area contributed by atoms with E-state index in [1.54, 1.807) is 0 Å². The van der Waals surface area contributed by atoms with Gasteiger partial charge >= 0.3 is 6.09 Å². The predicted octanol–water partition coefficient (Wildman–Crippen LogP) is 2.35. The normalized spacial score (nSPS) is 23.8. The van der Waals surface area contributed by atoms with Crippen LogP contribution in [0.25, 0.3) is 0 Å². The van der Waals surface area contributed by atoms with Crippen molar-refractivity contribution in [2.75, 3.05) is 32.8 Å². The number of carbonyl (C=O) groups excluding carboxylic acids is 1. The molecule has 3 aliphatic rings. The number of hydrogen-bond acceptors (Lipinski definition) is 3. The van der Waals surface area contributed by atoms with Crippen molar-refractivity contribution in [2.24, 2.45) is 16.3 Å². The summed E-state index contributed by atoms with van der Waals surface area (Å²) in [5.74, 6) is 1.56. The molecule has 1 spiro atoms. The highest BCUT2D eigenvalue weighted by Crippen LogP contribution is 2.47. The summed E-state index contributed by atoms with van der Waals surface area (Å²) in [6.07, 6.45) is 7.46. The van der Waals surface area contributed by atoms with Gasteiger partial charge in [-0.3, -0.25) is 4.99 Å². The molecule has 1 unspecified atom stereocenters. The van der Waals surface area contributed by atoms with Crippen molar-refractivity contribution in [3.05, 3.63) is 0 Å². The Morgan fingerprint density at radius 3 is 2.67 bits per heavy atom. The highest BCUT2D eigenvalue weighted by Gasteiger charge is 2.43. The molecule has 136 valence electrons. The second-order valence-corrected chi connectivity index (χ2v) is 7.53. The molecule has 0 aromatic heterocycles. The fourth-order valence-electron chi connectivity index (χ4n) is 3.95. The number of hydrogen-bond donors (Lipinski definition) is 2. The molecule has 24 heavy (non-hydrogen) atoms. The molecule has 3 rings (SSSR count). The molecule has 2 N–H and O–H groups in total. The maximum absolute atomic E-state index is 11.7. The van der Waals surface area contributed by atoms with Crippen LogP contribution in [0.1, 0.15) is 52.4 Å². The monoisotopic (exact) mass is 336 g/mol. The van der Waals surface area contributed by atoms with Crippen molar-refractivity contribution in [3.8, 4) is 0 Å². The van der Waals surface area contributed by atoms with E-state index in [1.165, 1.54) is 38.5 Å². The first-order valence-corrected chi connectivity index (χ1v) is 9.62. The minimum absolute atomic E-state index is 0.0953. The lowest BCUT2D eigenvalue weighted by Gasteiger charge is -2.38. The summed E-state index contributed by atoms with van der Waals surface area (Å²) in [7, 11) is 0. The van der Waals surface area contributed by atoms with Crippen LogP contribution in [0.3, 0.4) is 0 Å². The quantitative estimate of drug-likeness (QED) is 0.577. The van der Waals surface area contributed by atoms with Crippen molar-refractivity contribution >= 4 is 12.1 Å². The molecule has 3 fully saturated rings. The Balaban J connectivity index is 1.58. The molecule has 6 heteroatoms. The molecule has 2 saturated carbocycles. The topological polar surface area (TPSA) is 66.0 Å². The van der Waals surface area contributed by atoms with Gasteiger partial charge in [-0.15, -0.1) is 0 Å². The average Bonchev–Trinajstić information content (AvgIpc) is 3.27. The predicted molar refractivity (Wildman–Crippen MR) is 95.1 cm³/mol. The van der Waals surface area contributed by atoms with E-state index in [9.17, 15) is 4.79 Å². The van der Waals surface area contributed by atoms with E-state index in [0.717, 1.165) is 25.6 Å². The van der Waals surface area contributed by atoms with Crippen molar-refractivity contribution < 1.29 is 9.53 Å².